The van der Waals surface area contributed by atoms with Crippen molar-refractivity contribution in [1.82, 2.24) is 0 Å². The largest absolute Gasteiger partial charge is 0.496 e. The number of aliphatic hydroxyl groups is 2. The standard InChI is InChI=1S/C17H28O3/c1-11-9-13(7-8-15(19)12(2)18)16(20-6)14(10-11)17(3,4)5/h9-10,12,15,18-19H,7-8H2,1-6H3. The third-order valence-corrected chi connectivity index (χ3v) is 3.59. The van der Waals surface area contributed by atoms with Crippen molar-refractivity contribution in [2.24, 2.45) is 0 Å². The van der Waals surface area contributed by atoms with Crippen LogP contribution in [-0.2, 0) is 11.8 Å². The van der Waals surface area contributed by atoms with Crippen LogP contribution in [0.1, 0.15) is 50.8 Å². The van der Waals surface area contributed by atoms with E-state index in [1.54, 1.807) is 14.0 Å². The monoisotopic (exact) mass is 280 g/mol. The van der Waals surface area contributed by atoms with E-state index in [9.17, 15) is 10.2 Å². The van der Waals surface area contributed by atoms with Gasteiger partial charge < -0.3 is 14.9 Å². The molecule has 3 nitrogen and oxygen atoms in total. The molecule has 0 radical (unpaired) electrons. The Morgan fingerprint density at radius 2 is 1.80 bits per heavy atom. The van der Waals surface area contributed by atoms with Crippen molar-refractivity contribution in [3.05, 3.63) is 28.8 Å². The lowest BCUT2D eigenvalue weighted by molar-refractivity contribution is 0.0264. The van der Waals surface area contributed by atoms with Crippen LogP contribution in [0, 0.1) is 6.92 Å². The molecule has 1 aromatic carbocycles. The molecule has 0 heterocycles. The quantitative estimate of drug-likeness (QED) is 0.872. The lowest BCUT2D eigenvalue weighted by Crippen LogP contribution is -2.23. The van der Waals surface area contributed by atoms with Crippen molar-refractivity contribution in [2.45, 2.75) is 65.1 Å². The first kappa shape index (κ1) is 17.0. The maximum atomic E-state index is 9.76. The fraction of sp³-hybridized carbons (Fsp3) is 0.647. The molecular formula is C17H28O3. The van der Waals surface area contributed by atoms with Gasteiger partial charge in [-0.2, -0.15) is 0 Å². The van der Waals surface area contributed by atoms with Crippen LogP contribution < -0.4 is 4.74 Å². The lowest BCUT2D eigenvalue weighted by Gasteiger charge is -2.25. The number of hydrogen-bond donors (Lipinski definition) is 2. The Bertz CT molecular complexity index is 444. The summed E-state index contributed by atoms with van der Waals surface area (Å²) in [6.45, 7) is 10.2. The van der Waals surface area contributed by atoms with E-state index < -0.39 is 12.2 Å². The van der Waals surface area contributed by atoms with Crippen LogP contribution in [0.15, 0.2) is 12.1 Å². The lowest BCUT2D eigenvalue weighted by atomic mass is 9.83. The van der Waals surface area contributed by atoms with Crippen LogP contribution in [0.5, 0.6) is 5.75 Å². The Morgan fingerprint density at radius 3 is 2.25 bits per heavy atom. The molecule has 0 aliphatic rings. The molecule has 1 aromatic rings. The molecule has 2 N–H and O–H groups in total. The molecule has 0 saturated carbocycles. The molecule has 0 aliphatic carbocycles. The Balaban J connectivity index is 3.10. The topological polar surface area (TPSA) is 49.7 Å². The smallest absolute Gasteiger partial charge is 0.125 e. The second-order valence-corrected chi connectivity index (χ2v) is 6.60. The van der Waals surface area contributed by atoms with Crippen molar-refractivity contribution in [2.75, 3.05) is 7.11 Å². The highest BCUT2D eigenvalue weighted by molar-refractivity contribution is 5.47. The van der Waals surface area contributed by atoms with Gasteiger partial charge in [-0.3, -0.25) is 0 Å². The molecule has 3 heteroatoms. The molecule has 0 spiro atoms. The highest BCUT2D eigenvalue weighted by atomic mass is 16.5. The predicted molar refractivity (Wildman–Crippen MR) is 82.4 cm³/mol. The van der Waals surface area contributed by atoms with Gasteiger partial charge in [0.15, 0.2) is 0 Å². The number of rotatable bonds is 5. The zero-order chi connectivity index (χ0) is 15.5. The van der Waals surface area contributed by atoms with Crippen molar-refractivity contribution < 1.29 is 14.9 Å². The minimum absolute atomic E-state index is 0.00893. The summed E-state index contributed by atoms with van der Waals surface area (Å²) in [7, 11) is 1.69. The van der Waals surface area contributed by atoms with Gasteiger partial charge in [0.2, 0.25) is 0 Å². The van der Waals surface area contributed by atoms with Gasteiger partial charge in [-0.1, -0.05) is 38.5 Å². The SMILES string of the molecule is COc1c(CCC(O)C(C)O)cc(C)cc1C(C)(C)C. The van der Waals surface area contributed by atoms with Gasteiger partial charge in [0.25, 0.3) is 0 Å². The third kappa shape index (κ3) is 4.22. The minimum Gasteiger partial charge on any atom is -0.496 e. The Kier molecular flexibility index (Phi) is 5.60. The molecule has 1 rings (SSSR count). The summed E-state index contributed by atoms with van der Waals surface area (Å²) in [5.41, 5.74) is 3.48. The second kappa shape index (κ2) is 6.59. The summed E-state index contributed by atoms with van der Waals surface area (Å²) in [6.07, 6.45) is -0.174. The number of benzene rings is 1. The molecule has 2 atom stereocenters. The van der Waals surface area contributed by atoms with Gasteiger partial charge in [-0.15, -0.1) is 0 Å². The Morgan fingerprint density at radius 1 is 1.20 bits per heavy atom. The van der Waals surface area contributed by atoms with E-state index in [4.69, 9.17) is 4.74 Å². The van der Waals surface area contributed by atoms with Crippen LogP contribution >= 0.6 is 0 Å². The van der Waals surface area contributed by atoms with Crippen LogP contribution in [-0.4, -0.2) is 29.5 Å². The zero-order valence-electron chi connectivity index (χ0n) is 13.5. The van der Waals surface area contributed by atoms with E-state index in [1.807, 2.05) is 0 Å². The average molecular weight is 280 g/mol. The normalized spacial score (nSPS) is 15.0. The number of ether oxygens (including phenoxy) is 1. The van der Waals surface area contributed by atoms with Gasteiger partial charge in [-0.25, -0.2) is 0 Å². The molecule has 0 amide bonds. The summed E-state index contributed by atoms with van der Waals surface area (Å²) in [5, 5.41) is 19.1. The molecule has 20 heavy (non-hydrogen) atoms. The van der Waals surface area contributed by atoms with Gasteiger partial charge in [0.1, 0.15) is 5.75 Å². The van der Waals surface area contributed by atoms with Crippen molar-refractivity contribution in [1.29, 1.82) is 0 Å². The minimum atomic E-state index is -0.701. The fourth-order valence-corrected chi connectivity index (χ4v) is 2.38. The number of aryl methyl sites for hydroxylation is 2. The van der Waals surface area contributed by atoms with E-state index in [0.717, 1.165) is 11.3 Å². The van der Waals surface area contributed by atoms with E-state index in [2.05, 4.69) is 39.8 Å². The van der Waals surface area contributed by atoms with Gasteiger partial charge in [-0.05, 0) is 37.7 Å². The van der Waals surface area contributed by atoms with E-state index in [-0.39, 0.29) is 5.41 Å². The van der Waals surface area contributed by atoms with E-state index >= 15 is 0 Å². The first-order chi connectivity index (χ1) is 9.16. The van der Waals surface area contributed by atoms with E-state index in [1.165, 1.54) is 11.1 Å². The van der Waals surface area contributed by atoms with Gasteiger partial charge in [0, 0.05) is 5.56 Å². The van der Waals surface area contributed by atoms with Crippen LogP contribution in [0.2, 0.25) is 0 Å². The first-order valence-electron chi connectivity index (χ1n) is 7.21. The number of methoxy groups -OCH3 is 1. The maximum Gasteiger partial charge on any atom is 0.125 e. The molecule has 0 saturated heterocycles. The van der Waals surface area contributed by atoms with Crippen LogP contribution in [0.25, 0.3) is 0 Å². The highest BCUT2D eigenvalue weighted by Crippen LogP contribution is 2.35. The molecular weight excluding hydrogens is 252 g/mol. The predicted octanol–water partition coefficient (Wildman–Crippen LogP) is 2.98. The summed E-state index contributed by atoms with van der Waals surface area (Å²) in [6, 6.07) is 4.26. The molecule has 114 valence electrons. The molecule has 0 aromatic heterocycles. The molecule has 0 aliphatic heterocycles. The van der Waals surface area contributed by atoms with Gasteiger partial charge >= 0.3 is 0 Å². The Labute approximate surface area is 122 Å². The fourth-order valence-electron chi connectivity index (χ4n) is 2.38. The third-order valence-electron chi connectivity index (χ3n) is 3.59. The van der Waals surface area contributed by atoms with Crippen LogP contribution in [0.3, 0.4) is 0 Å². The van der Waals surface area contributed by atoms with Crippen LogP contribution in [0.4, 0.5) is 0 Å². The summed E-state index contributed by atoms with van der Waals surface area (Å²) in [4.78, 5) is 0. The number of hydrogen-bond acceptors (Lipinski definition) is 3. The average Bonchev–Trinajstić information content (AvgIpc) is 2.33. The molecule has 2 unspecified atom stereocenters. The first-order valence-corrected chi connectivity index (χ1v) is 7.21. The molecule has 0 bridgehead atoms. The van der Waals surface area contributed by atoms with E-state index in [0.29, 0.717) is 12.8 Å². The van der Waals surface area contributed by atoms with Crippen molar-refractivity contribution >= 4 is 0 Å². The van der Waals surface area contributed by atoms with Crippen molar-refractivity contribution in [3.63, 3.8) is 0 Å². The Hall–Kier alpha value is -1.06. The highest BCUT2D eigenvalue weighted by Gasteiger charge is 2.22. The summed E-state index contributed by atoms with van der Waals surface area (Å²) >= 11 is 0. The number of aliphatic hydroxyl groups excluding tert-OH is 2. The summed E-state index contributed by atoms with van der Waals surface area (Å²) < 4.78 is 5.61. The zero-order valence-corrected chi connectivity index (χ0v) is 13.5. The molecule has 0 fully saturated rings. The maximum absolute atomic E-state index is 9.76. The van der Waals surface area contributed by atoms with Crippen molar-refractivity contribution in [3.8, 4) is 5.75 Å². The second-order valence-electron chi connectivity index (χ2n) is 6.60. The van der Waals surface area contributed by atoms with Gasteiger partial charge in [0.05, 0.1) is 19.3 Å². The summed E-state index contributed by atoms with van der Waals surface area (Å²) in [5.74, 6) is 0.904.